The molecule has 0 spiro atoms. The first-order chi connectivity index (χ1) is 6.49. The van der Waals surface area contributed by atoms with E-state index in [9.17, 15) is 13.6 Å². The van der Waals surface area contributed by atoms with Crippen LogP contribution >= 0.6 is 15.9 Å². The molecule has 0 saturated heterocycles. The van der Waals surface area contributed by atoms with Gasteiger partial charge in [0.25, 0.3) is 5.91 Å². The van der Waals surface area contributed by atoms with Gasteiger partial charge >= 0.3 is 0 Å². The van der Waals surface area contributed by atoms with Gasteiger partial charge in [-0.2, -0.15) is 4.39 Å². The van der Waals surface area contributed by atoms with E-state index >= 15 is 0 Å². The monoisotopic (exact) mass is 265 g/mol. The Kier molecular flexibility index (Phi) is 3.05. The quantitative estimate of drug-likeness (QED) is 0.830. The van der Waals surface area contributed by atoms with Crippen LogP contribution in [0.25, 0.3) is 0 Å². The lowest BCUT2D eigenvalue weighted by Gasteiger charge is -2.08. The number of primary amides is 1. The Morgan fingerprint density at radius 2 is 2.07 bits per heavy atom. The van der Waals surface area contributed by atoms with Crippen molar-refractivity contribution in [1.29, 1.82) is 0 Å². The third-order valence-corrected chi connectivity index (χ3v) is 2.16. The number of nitrogens with two attached hydrogens (primary N) is 1. The molecule has 1 aromatic carbocycles. The number of halogens is 3. The molecule has 0 fully saturated rings. The van der Waals surface area contributed by atoms with Crippen molar-refractivity contribution in [2.45, 2.75) is 0 Å². The van der Waals surface area contributed by atoms with E-state index in [1.807, 2.05) is 0 Å². The third kappa shape index (κ3) is 1.70. The molecule has 0 aliphatic heterocycles. The third-order valence-electron chi connectivity index (χ3n) is 1.59. The number of carbonyl (C=O) groups is 1. The minimum Gasteiger partial charge on any atom is -0.493 e. The molecule has 2 N–H and O–H groups in total. The number of hydrogen-bond donors (Lipinski definition) is 1. The van der Waals surface area contributed by atoms with E-state index in [0.717, 1.165) is 13.2 Å². The Morgan fingerprint density at radius 1 is 1.50 bits per heavy atom. The molecule has 76 valence electrons. The number of methoxy groups -OCH3 is 1. The van der Waals surface area contributed by atoms with Crippen LogP contribution in [0.3, 0.4) is 0 Å². The van der Waals surface area contributed by atoms with E-state index in [-0.39, 0.29) is 10.0 Å². The van der Waals surface area contributed by atoms with Crippen molar-refractivity contribution >= 4 is 21.8 Å². The average molecular weight is 266 g/mol. The molecule has 0 bridgehead atoms. The van der Waals surface area contributed by atoms with Gasteiger partial charge in [0.05, 0.1) is 17.1 Å². The molecule has 14 heavy (non-hydrogen) atoms. The molecule has 0 aliphatic rings. The molecule has 0 aliphatic carbocycles. The standard InChI is InChI=1S/C8H6BrF2NO2/c1-14-7-3(8(12)13)2-4(9)5(10)6(7)11/h2H,1H3,(H2,12,13). The second-order valence-electron chi connectivity index (χ2n) is 2.43. The van der Waals surface area contributed by atoms with Crippen LogP contribution in [-0.4, -0.2) is 13.0 Å². The van der Waals surface area contributed by atoms with E-state index < -0.39 is 23.3 Å². The van der Waals surface area contributed by atoms with Crippen LogP contribution in [0, 0.1) is 11.6 Å². The Hall–Kier alpha value is -1.17. The number of carbonyl (C=O) groups excluding carboxylic acids is 1. The minimum absolute atomic E-state index is 0.176. The van der Waals surface area contributed by atoms with E-state index in [1.54, 1.807) is 0 Å². The molecule has 0 atom stereocenters. The maximum absolute atomic E-state index is 13.1. The van der Waals surface area contributed by atoms with E-state index in [1.165, 1.54) is 0 Å². The summed E-state index contributed by atoms with van der Waals surface area (Å²) in [5.74, 6) is -3.73. The fourth-order valence-electron chi connectivity index (χ4n) is 0.961. The summed E-state index contributed by atoms with van der Waals surface area (Å²) in [6.45, 7) is 0. The molecule has 0 unspecified atom stereocenters. The molecule has 3 nitrogen and oxygen atoms in total. The highest BCUT2D eigenvalue weighted by atomic mass is 79.9. The van der Waals surface area contributed by atoms with Crippen molar-refractivity contribution in [1.82, 2.24) is 0 Å². The number of benzene rings is 1. The predicted octanol–water partition coefficient (Wildman–Crippen LogP) is 1.83. The molecule has 1 aromatic rings. The van der Waals surface area contributed by atoms with Crippen molar-refractivity contribution in [3.05, 3.63) is 27.7 Å². The lowest BCUT2D eigenvalue weighted by Crippen LogP contribution is -2.14. The minimum atomic E-state index is -1.24. The maximum Gasteiger partial charge on any atom is 0.252 e. The number of ether oxygens (including phenoxy) is 1. The first kappa shape index (κ1) is 10.9. The fourth-order valence-corrected chi connectivity index (χ4v) is 1.36. The Labute approximate surface area is 87.0 Å². The van der Waals surface area contributed by atoms with E-state index in [0.29, 0.717) is 0 Å². The fraction of sp³-hybridized carbons (Fsp3) is 0.125. The summed E-state index contributed by atoms with van der Waals surface area (Å²) in [4.78, 5) is 10.8. The van der Waals surface area contributed by atoms with Crippen LogP contribution in [0.4, 0.5) is 8.78 Å². The van der Waals surface area contributed by atoms with Gasteiger partial charge in [0.2, 0.25) is 5.82 Å². The summed E-state index contributed by atoms with van der Waals surface area (Å²) >= 11 is 2.75. The number of amides is 1. The van der Waals surface area contributed by atoms with Crippen LogP contribution in [0.1, 0.15) is 10.4 Å². The van der Waals surface area contributed by atoms with Gasteiger partial charge in [-0.05, 0) is 22.0 Å². The van der Waals surface area contributed by atoms with Crippen molar-refractivity contribution in [2.24, 2.45) is 5.73 Å². The Bertz CT molecular complexity index is 395. The zero-order chi connectivity index (χ0) is 10.9. The molecule has 0 heterocycles. The van der Waals surface area contributed by atoms with Gasteiger partial charge in [0.15, 0.2) is 11.6 Å². The van der Waals surface area contributed by atoms with Crippen LogP contribution in [0.2, 0.25) is 0 Å². The highest BCUT2D eigenvalue weighted by molar-refractivity contribution is 9.10. The predicted molar refractivity (Wildman–Crippen MR) is 49.1 cm³/mol. The normalized spacial score (nSPS) is 10.0. The van der Waals surface area contributed by atoms with Crippen LogP contribution < -0.4 is 10.5 Å². The highest BCUT2D eigenvalue weighted by Gasteiger charge is 2.20. The lowest BCUT2D eigenvalue weighted by molar-refractivity contribution is 0.0996. The summed E-state index contributed by atoms with van der Waals surface area (Å²) in [6, 6.07) is 1.07. The first-order valence-corrected chi connectivity index (χ1v) is 4.29. The largest absolute Gasteiger partial charge is 0.493 e. The van der Waals surface area contributed by atoms with Crippen molar-refractivity contribution in [2.75, 3.05) is 7.11 Å². The molecule has 0 saturated carbocycles. The van der Waals surface area contributed by atoms with Crippen molar-refractivity contribution < 1.29 is 18.3 Å². The Balaban J connectivity index is 3.51. The lowest BCUT2D eigenvalue weighted by atomic mass is 10.2. The van der Waals surface area contributed by atoms with Gasteiger partial charge in [0.1, 0.15) is 0 Å². The molecule has 0 aromatic heterocycles. The maximum atomic E-state index is 13.1. The number of rotatable bonds is 2. The number of hydrogen-bond acceptors (Lipinski definition) is 2. The van der Waals surface area contributed by atoms with Gasteiger partial charge in [-0.1, -0.05) is 0 Å². The second kappa shape index (κ2) is 3.91. The molecular formula is C8H6BrF2NO2. The van der Waals surface area contributed by atoms with E-state index in [2.05, 4.69) is 20.7 Å². The summed E-state index contributed by atoms with van der Waals surface area (Å²) in [5, 5.41) is 0. The summed E-state index contributed by atoms with van der Waals surface area (Å²) in [5.41, 5.74) is 4.74. The summed E-state index contributed by atoms with van der Waals surface area (Å²) < 4.78 is 30.5. The topological polar surface area (TPSA) is 52.3 Å². The van der Waals surface area contributed by atoms with Crippen molar-refractivity contribution in [3.8, 4) is 5.75 Å². The van der Waals surface area contributed by atoms with Gasteiger partial charge < -0.3 is 10.5 Å². The SMILES string of the molecule is COc1c(C(N)=O)cc(Br)c(F)c1F. The smallest absolute Gasteiger partial charge is 0.252 e. The zero-order valence-corrected chi connectivity index (χ0v) is 8.69. The van der Waals surface area contributed by atoms with Gasteiger partial charge in [-0.3, -0.25) is 4.79 Å². The van der Waals surface area contributed by atoms with Gasteiger partial charge in [0, 0.05) is 0 Å². The van der Waals surface area contributed by atoms with Crippen LogP contribution in [0.5, 0.6) is 5.75 Å². The first-order valence-electron chi connectivity index (χ1n) is 3.50. The van der Waals surface area contributed by atoms with Gasteiger partial charge in [-0.25, -0.2) is 4.39 Å². The molecule has 0 radical (unpaired) electrons. The average Bonchev–Trinajstić information content (AvgIpc) is 2.13. The van der Waals surface area contributed by atoms with E-state index in [4.69, 9.17) is 5.73 Å². The van der Waals surface area contributed by atoms with Crippen molar-refractivity contribution in [3.63, 3.8) is 0 Å². The van der Waals surface area contributed by atoms with Gasteiger partial charge in [-0.15, -0.1) is 0 Å². The molecule has 1 rings (SSSR count). The molecule has 6 heteroatoms. The highest BCUT2D eigenvalue weighted by Crippen LogP contribution is 2.30. The Morgan fingerprint density at radius 3 is 2.50 bits per heavy atom. The van der Waals surface area contributed by atoms with Crippen LogP contribution in [-0.2, 0) is 0 Å². The molecular weight excluding hydrogens is 260 g/mol. The molecule has 1 amide bonds. The zero-order valence-electron chi connectivity index (χ0n) is 7.11. The van der Waals surface area contributed by atoms with Crippen LogP contribution in [0.15, 0.2) is 10.5 Å². The summed E-state index contributed by atoms with van der Waals surface area (Å²) in [6.07, 6.45) is 0. The second-order valence-corrected chi connectivity index (χ2v) is 3.29. The summed E-state index contributed by atoms with van der Waals surface area (Å²) in [7, 11) is 1.12.